The topological polar surface area (TPSA) is 0 Å². The molecule has 0 heterocycles. The summed E-state index contributed by atoms with van der Waals surface area (Å²) in [5.41, 5.74) is 8.86. The van der Waals surface area contributed by atoms with Gasteiger partial charge in [-0.25, -0.2) is 0 Å². The Bertz CT molecular complexity index is 2270. The van der Waals surface area contributed by atoms with Gasteiger partial charge in [0.1, 0.15) is 0 Å². The molecule has 6 aromatic carbocycles. The van der Waals surface area contributed by atoms with Gasteiger partial charge < -0.3 is 0 Å². The maximum absolute atomic E-state index is 4.36. The van der Waals surface area contributed by atoms with Crippen LogP contribution in [0.4, 0.5) is 0 Å². The molecule has 0 amide bonds. The zero-order valence-corrected chi connectivity index (χ0v) is 28.6. The largest absolute Gasteiger partial charge is 0.0985 e. The highest BCUT2D eigenvalue weighted by molar-refractivity contribution is 6.16. The lowest BCUT2D eigenvalue weighted by atomic mass is 9.84. The molecule has 6 rings (SSSR count). The SMILES string of the molecule is C=CC(=C\C=C(/C)Cc1c(-c2ccccc2C)c2ccccc2c2ccccc12)/C(C)=C/C=c1/ccc2ccccc2c1=C.CCC. The average Bonchev–Trinajstić information content (AvgIpc) is 3.09. The third-order valence-electron chi connectivity index (χ3n) is 8.72. The second-order valence-corrected chi connectivity index (χ2v) is 12.4. The Balaban J connectivity index is 0.00000139. The van der Waals surface area contributed by atoms with Gasteiger partial charge in [-0.2, -0.15) is 0 Å². The fourth-order valence-electron chi connectivity index (χ4n) is 6.31. The summed E-state index contributed by atoms with van der Waals surface area (Å²) in [5.74, 6) is 0. The van der Waals surface area contributed by atoms with Gasteiger partial charge in [0.05, 0.1) is 0 Å². The smallest absolute Gasteiger partial charge is 0.00542 e. The van der Waals surface area contributed by atoms with Gasteiger partial charge in [0.15, 0.2) is 0 Å². The van der Waals surface area contributed by atoms with Crippen LogP contribution in [0, 0.1) is 6.92 Å². The van der Waals surface area contributed by atoms with Crippen LogP contribution in [0.1, 0.15) is 45.2 Å². The van der Waals surface area contributed by atoms with Gasteiger partial charge in [-0.1, -0.05) is 179 Å². The highest BCUT2D eigenvalue weighted by Crippen LogP contribution is 2.41. The molecular formula is C47H46. The average molecular weight is 611 g/mol. The molecule has 0 heteroatoms. The van der Waals surface area contributed by atoms with E-state index in [0.717, 1.165) is 28.0 Å². The van der Waals surface area contributed by atoms with Crippen LogP contribution in [-0.2, 0) is 6.42 Å². The number of aryl methyl sites for hydroxylation is 1. The van der Waals surface area contributed by atoms with Crippen LogP contribution >= 0.6 is 0 Å². The third-order valence-corrected chi connectivity index (χ3v) is 8.72. The lowest BCUT2D eigenvalue weighted by Crippen LogP contribution is -2.23. The van der Waals surface area contributed by atoms with Gasteiger partial charge in [-0.05, 0) is 103 Å². The molecule has 0 aliphatic heterocycles. The number of fused-ring (bicyclic) bond motifs is 4. The summed E-state index contributed by atoms with van der Waals surface area (Å²) >= 11 is 0. The van der Waals surface area contributed by atoms with Gasteiger partial charge in [0.2, 0.25) is 0 Å². The molecule has 0 N–H and O–H groups in total. The molecular weight excluding hydrogens is 565 g/mol. The Kier molecular flexibility index (Phi) is 10.9. The third kappa shape index (κ3) is 7.29. The second kappa shape index (κ2) is 15.4. The van der Waals surface area contributed by atoms with Crippen molar-refractivity contribution in [3.8, 4) is 11.1 Å². The summed E-state index contributed by atoms with van der Waals surface area (Å²) in [6.07, 6.45) is 12.8. The van der Waals surface area contributed by atoms with E-state index in [4.69, 9.17) is 0 Å². The molecule has 0 fully saturated rings. The van der Waals surface area contributed by atoms with Crippen LogP contribution in [0.2, 0.25) is 0 Å². The van der Waals surface area contributed by atoms with Crippen molar-refractivity contribution < 1.29 is 0 Å². The van der Waals surface area contributed by atoms with Crippen LogP contribution in [0.3, 0.4) is 0 Å². The van der Waals surface area contributed by atoms with Gasteiger partial charge in [-0.3, -0.25) is 0 Å². The Hall–Kier alpha value is -5.20. The van der Waals surface area contributed by atoms with E-state index in [0.29, 0.717) is 0 Å². The maximum Gasteiger partial charge on any atom is -0.00542 e. The van der Waals surface area contributed by atoms with Gasteiger partial charge >= 0.3 is 0 Å². The quantitative estimate of drug-likeness (QED) is 0.125. The van der Waals surface area contributed by atoms with E-state index in [2.05, 4.69) is 181 Å². The van der Waals surface area contributed by atoms with Crippen molar-refractivity contribution in [1.82, 2.24) is 0 Å². The number of allylic oxidation sites excluding steroid dienone is 7. The molecule has 0 nitrogen and oxygen atoms in total. The zero-order chi connectivity index (χ0) is 33.3. The molecule has 0 spiro atoms. The van der Waals surface area contributed by atoms with E-state index in [-0.39, 0.29) is 0 Å². The molecule has 0 radical (unpaired) electrons. The first kappa shape index (κ1) is 33.2. The van der Waals surface area contributed by atoms with Crippen molar-refractivity contribution in [3.63, 3.8) is 0 Å². The molecule has 6 aromatic rings. The summed E-state index contributed by atoms with van der Waals surface area (Å²) in [4.78, 5) is 0. The van der Waals surface area contributed by atoms with Crippen molar-refractivity contribution in [2.24, 2.45) is 0 Å². The molecule has 47 heavy (non-hydrogen) atoms. The summed E-state index contributed by atoms with van der Waals surface area (Å²) < 4.78 is 0. The summed E-state index contributed by atoms with van der Waals surface area (Å²) in [6, 6.07) is 39.2. The summed E-state index contributed by atoms with van der Waals surface area (Å²) in [7, 11) is 0. The van der Waals surface area contributed by atoms with E-state index in [1.807, 2.05) is 6.08 Å². The fraction of sp³-hybridized carbons (Fsp3) is 0.149. The number of rotatable bonds is 7. The van der Waals surface area contributed by atoms with Crippen LogP contribution in [0.5, 0.6) is 0 Å². The van der Waals surface area contributed by atoms with Crippen molar-refractivity contribution in [1.29, 1.82) is 0 Å². The predicted molar refractivity (Wildman–Crippen MR) is 210 cm³/mol. The van der Waals surface area contributed by atoms with Crippen molar-refractivity contribution >= 4 is 45.0 Å². The molecule has 0 unspecified atom stereocenters. The van der Waals surface area contributed by atoms with Crippen molar-refractivity contribution in [2.45, 2.75) is 47.5 Å². The first-order chi connectivity index (χ1) is 22.9. The van der Waals surface area contributed by atoms with E-state index in [1.54, 1.807) is 0 Å². The first-order valence-corrected chi connectivity index (χ1v) is 16.7. The van der Waals surface area contributed by atoms with Crippen LogP contribution in [-0.4, -0.2) is 0 Å². The van der Waals surface area contributed by atoms with E-state index >= 15 is 0 Å². The highest BCUT2D eigenvalue weighted by Gasteiger charge is 2.17. The standard InChI is InChI=1S/C44H38.C3H8/c1-6-34(31(3)24-26-35-27-28-36-16-8-10-18-38(36)33(35)5)25-23-30(2)29-43-41-21-12-11-19-39(41)40-20-13-14-22-42(40)44(43)37-17-9-7-15-32(37)4;1-3-2/h6-28H,1,5,29H2,2-4H3;3H2,1-2H3/b30-23+,31-24+,34-25+,35-26-;. The van der Waals surface area contributed by atoms with E-state index < -0.39 is 0 Å². The molecule has 0 saturated carbocycles. The molecule has 0 aromatic heterocycles. The monoisotopic (exact) mass is 610 g/mol. The Morgan fingerprint density at radius 1 is 0.638 bits per heavy atom. The lowest BCUT2D eigenvalue weighted by Gasteiger charge is -2.19. The molecule has 0 saturated heterocycles. The minimum absolute atomic E-state index is 0.854. The minimum Gasteiger partial charge on any atom is -0.0985 e. The second-order valence-electron chi connectivity index (χ2n) is 12.4. The highest BCUT2D eigenvalue weighted by atomic mass is 14.2. The maximum atomic E-state index is 4.36. The number of hydrogen-bond acceptors (Lipinski definition) is 0. The van der Waals surface area contributed by atoms with Crippen LogP contribution < -0.4 is 10.4 Å². The zero-order valence-electron chi connectivity index (χ0n) is 28.6. The molecule has 0 bridgehead atoms. The van der Waals surface area contributed by atoms with E-state index in [9.17, 15) is 0 Å². The predicted octanol–water partition coefficient (Wildman–Crippen LogP) is 12.0. The van der Waals surface area contributed by atoms with Crippen molar-refractivity contribution in [3.05, 3.63) is 178 Å². The van der Waals surface area contributed by atoms with Crippen LogP contribution in [0.15, 0.2) is 157 Å². The van der Waals surface area contributed by atoms with Gasteiger partial charge in [0.25, 0.3) is 0 Å². The molecule has 0 aliphatic rings. The Labute approximate surface area is 281 Å². The molecule has 0 atom stereocenters. The van der Waals surface area contributed by atoms with E-state index in [1.165, 1.54) is 66.6 Å². The van der Waals surface area contributed by atoms with Gasteiger partial charge in [0, 0.05) is 0 Å². The summed E-state index contributed by atoms with van der Waals surface area (Å²) in [5, 5.41) is 9.81. The van der Waals surface area contributed by atoms with Crippen LogP contribution in [0.25, 0.3) is 56.1 Å². The Morgan fingerprint density at radius 2 is 1.21 bits per heavy atom. The molecule has 0 aliphatic carbocycles. The first-order valence-electron chi connectivity index (χ1n) is 16.7. The normalized spacial score (nSPS) is 12.8. The van der Waals surface area contributed by atoms with Crippen molar-refractivity contribution in [2.75, 3.05) is 0 Å². The number of benzene rings is 6. The fourth-order valence-corrected chi connectivity index (χ4v) is 6.31. The summed E-state index contributed by atoms with van der Waals surface area (Å²) in [6.45, 7) is 19.3. The number of hydrogen-bond donors (Lipinski definition) is 0. The molecule has 234 valence electrons. The minimum atomic E-state index is 0.854. The lowest BCUT2D eigenvalue weighted by molar-refractivity contribution is 1.09. The van der Waals surface area contributed by atoms with Gasteiger partial charge in [-0.15, -0.1) is 0 Å². The Morgan fingerprint density at radius 3 is 1.89 bits per heavy atom.